The average Bonchev–Trinajstić information content (AvgIpc) is 2.77. The fourth-order valence-corrected chi connectivity index (χ4v) is 2.68. The molecule has 1 aliphatic heterocycles. The minimum absolute atomic E-state index is 0.00328. The molecule has 1 fully saturated rings. The Morgan fingerprint density at radius 2 is 2.42 bits per heavy atom. The zero-order valence-electron chi connectivity index (χ0n) is 9.95. The van der Waals surface area contributed by atoms with E-state index in [1.54, 1.807) is 23.1 Å². The van der Waals surface area contributed by atoms with Gasteiger partial charge >= 0.3 is 0 Å². The smallest absolute Gasteiger partial charge is 0.227 e. The molecule has 1 aromatic carbocycles. The highest BCUT2D eigenvalue weighted by molar-refractivity contribution is 9.10. The number of anilines is 1. The summed E-state index contributed by atoms with van der Waals surface area (Å²) < 4.78 is 0.712. The van der Waals surface area contributed by atoms with Gasteiger partial charge in [-0.1, -0.05) is 5.11 Å². The molecule has 19 heavy (non-hydrogen) atoms. The number of amides is 1. The van der Waals surface area contributed by atoms with Crippen LogP contribution in [0.25, 0.3) is 10.4 Å². The van der Waals surface area contributed by atoms with Crippen molar-refractivity contribution in [1.29, 1.82) is 5.26 Å². The molecule has 1 amide bonds. The second-order valence-corrected chi connectivity index (χ2v) is 5.12. The summed E-state index contributed by atoms with van der Waals surface area (Å²) in [7, 11) is 0. The number of carbonyl (C=O) groups excluding carboxylic acids is 1. The Kier molecular flexibility index (Phi) is 4.05. The monoisotopic (exact) mass is 319 g/mol. The van der Waals surface area contributed by atoms with E-state index in [-0.39, 0.29) is 11.8 Å². The van der Waals surface area contributed by atoms with Crippen molar-refractivity contribution in [3.05, 3.63) is 38.7 Å². The van der Waals surface area contributed by atoms with Crippen molar-refractivity contribution in [2.45, 2.75) is 6.42 Å². The normalized spacial score (nSPS) is 18.0. The third-order valence-corrected chi connectivity index (χ3v) is 3.61. The zero-order chi connectivity index (χ0) is 13.8. The minimum Gasteiger partial charge on any atom is -0.311 e. The van der Waals surface area contributed by atoms with Crippen LogP contribution >= 0.6 is 15.9 Å². The Balaban J connectivity index is 2.21. The summed E-state index contributed by atoms with van der Waals surface area (Å²) in [6.07, 6.45) is 0.380. The SMILES string of the molecule is N#Cc1ccc(N2CC(CN=[N+]=[N-])CC2=O)c(Br)c1. The molecule has 1 heterocycles. The first-order valence-electron chi connectivity index (χ1n) is 5.66. The highest BCUT2D eigenvalue weighted by Gasteiger charge is 2.31. The van der Waals surface area contributed by atoms with Crippen molar-refractivity contribution in [3.8, 4) is 6.07 Å². The number of hydrogen-bond acceptors (Lipinski definition) is 3. The summed E-state index contributed by atoms with van der Waals surface area (Å²) in [5, 5.41) is 12.3. The largest absolute Gasteiger partial charge is 0.311 e. The number of rotatable bonds is 3. The van der Waals surface area contributed by atoms with E-state index in [2.05, 4.69) is 26.0 Å². The average molecular weight is 320 g/mol. The van der Waals surface area contributed by atoms with Crippen molar-refractivity contribution in [2.24, 2.45) is 11.0 Å². The molecule has 1 atom stereocenters. The molecule has 0 N–H and O–H groups in total. The van der Waals surface area contributed by atoms with Crippen LogP contribution in [0.5, 0.6) is 0 Å². The molecule has 0 saturated carbocycles. The molecule has 7 heteroatoms. The first-order valence-corrected chi connectivity index (χ1v) is 6.46. The van der Waals surface area contributed by atoms with E-state index < -0.39 is 0 Å². The first-order chi connectivity index (χ1) is 9.15. The van der Waals surface area contributed by atoms with E-state index in [0.29, 0.717) is 29.5 Å². The van der Waals surface area contributed by atoms with Crippen molar-refractivity contribution in [2.75, 3.05) is 18.0 Å². The summed E-state index contributed by atoms with van der Waals surface area (Å²) in [6.45, 7) is 0.856. The molecule has 6 nitrogen and oxygen atoms in total. The van der Waals surface area contributed by atoms with Gasteiger partial charge in [-0.25, -0.2) is 0 Å². The predicted molar refractivity (Wildman–Crippen MR) is 73.3 cm³/mol. The van der Waals surface area contributed by atoms with E-state index in [4.69, 9.17) is 10.8 Å². The number of nitrogens with zero attached hydrogens (tertiary/aromatic N) is 5. The zero-order valence-corrected chi connectivity index (χ0v) is 11.5. The maximum absolute atomic E-state index is 12.0. The molecule has 96 valence electrons. The maximum atomic E-state index is 12.0. The van der Waals surface area contributed by atoms with E-state index in [1.807, 2.05) is 6.07 Å². The number of halogens is 1. The van der Waals surface area contributed by atoms with Gasteiger partial charge in [-0.3, -0.25) is 4.79 Å². The Morgan fingerprint density at radius 1 is 1.63 bits per heavy atom. The molecule has 1 unspecified atom stereocenters. The summed E-state index contributed by atoms with van der Waals surface area (Å²) in [4.78, 5) is 16.3. The standard InChI is InChI=1S/C12H10BrN5O/c13-10-3-8(5-14)1-2-11(10)18-7-9(4-12(18)19)6-16-17-15/h1-3,9H,4,6-7H2. The van der Waals surface area contributed by atoms with E-state index in [9.17, 15) is 4.79 Å². The van der Waals surface area contributed by atoms with Gasteiger partial charge in [0.05, 0.1) is 17.3 Å². The highest BCUT2D eigenvalue weighted by Crippen LogP contribution is 2.32. The van der Waals surface area contributed by atoms with Crippen LogP contribution in [0.2, 0.25) is 0 Å². The van der Waals surface area contributed by atoms with Crippen LogP contribution in [0.15, 0.2) is 27.8 Å². The second-order valence-electron chi connectivity index (χ2n) is 4.27. The third kappa shape index (κ3) is 2.87. The number of benzene rings is 1. The van der Waals surface area contributed by atoms with E-state index >= 15 is 0 Å². The Bertz CT molecular complexity index is 603. The van der Waals surface area contributed by atoms with Crippen molar-refractivity contribution < 1.29 is 4.79 Å². The molecule has 0 spiro atoms. The lowest BCUT2D eigenvalue weighted by Crippen LogP contribution is -2.25. The van der Waals surface area contributed by atoms with Crippen LogP contribution in [-0.4, -0.2) is 19.0 Å². The molecule has 1 aromatic rings. The molecule has 1 aliphatic rings. The topological polar surface area (TPSA) is 92.9 Å². The van der Waals surface area contributed by atoms with Gasteiger partial charge in [-0.05, 0) is 45.6 Å². The number of hydrogen-bond donors (Lipinski definition) is 0. The predicted octanol–water partition coefficient (Wildman–Crippen LogP) is 2.98. The Labute approximate surface area is 118 Å². The Hall–Kier alpha value is -2.03. The van der Waals surface area contributed by atoms with Crippen LogP contribution in [0.3, 0.4) is 0 Å². The second kappa shape index (κ2) is 5.74. The summed E-state index contributed by atoms with van der Waals surface area (Å²) >= 11 is 3.37. The van der Waals surface area contributed by atoms with Crippen LogP contribution < -0.4 is 4.90 Å². The third-order valence-electron chi connectivity index (χ3n) is 2.98. The summed E-state index contributed by atoms with van der Waals surface area (Å²) in [6, 6.07) is 7.15. The van der Waals surface area contributed by atoms with Crippen LogP contribution in [0.4, 0.5) is 5.69 Å². The van der Waals surface area contributed by atoms with Gasteiger partial charge in [-0.2, -0.15) is 5.26 Å². The number of azide groups is 1. The van der Waals surface area contributed by atoms with Gasteiger partial charge < -0.3 is 4.90 Å². The van der Waals surface area contributed by atoms with Gasteiger partial charge in [0.2, 0.25) is 5.91 Å². The highest BCUT2D eigenvalue weighted by atomic mass is 79.9. The van der Waals surface area contributed by atoms with Gasteiger partial charge in [0, 0.05) is 28.9 Å². The lowest BCUT2D eigenvalue weighted by molar-refractivity contribution is -0.117. The Morgan fingerprint density at radius 3 is 3.05 bits per heavy atom. The fourth-order valence-electron chi connectivity index (χ4n) is 2.08. The molecule has 0 radical (unpaired) electrons. The van der Waals surface area contributed by atoms with Gasteiger partial charge in [-0.15, -0.1) is 0 Å². The van der Waals surface area contributed by atoms with Gasteiger partial charge in [0.1, 0.15) is 0 Å². The minimum atomic E-state index is 0.00328. The maximum Gasteiger partial charge on any atom is 0.227 e. The van der Waals surface area contributed by atoms with E-state index in [1.165, 1.54) is 0 Å². The molecule has 0 bridgehead atoms. The summed E-state index contributed by atoms with van der Waals surface area (Å²) in [5.74, 6) is 0.0505. The molecular formula is C12H10BrN5O. The first kappa shape index (κ1) is 13.4. The van der Waals surface area contributed by atoms with Crippen molar-refractivity contribution in [3.63, 3.8) is 0 Å². The molecular weight excluding hydrogens is 310 g/mol. The molecule has 1 saturated heterocycles. The summed E-state index contributed by atoms with van der Waals surface area (Å²) in [5.41, 5.74) is 9.58. The van der Waals surface area contributed by atoms with E-state index in [0.717, 1.165) is 5.69 Å². The van der Waals surface area contributed by atoms with Crippen molar-refractivity contribution in [1.82, 2.24) is 0 Å². The lowest BCUT2D eigenvalue weighted by Gasteiger charge is -2.18. The van der Waals surface area contributed by atoms with Crippen LogP contribution in [-0.2, 0) is 4.79 Å². The molecule has 0 aromatic heterocycles. The molecule has 2 rings (SSSR count). The van der Waals surface area contributed by atoms with Gasteiger partial charge in [0.25, 0.3) is 0 Å². The van der Waals surface area contributed by atoms with Crippen LogP contribution in [0.1, 0.15) is 12.0 Å². The van der Waals surface area contributed by atoms with Crippen LogP contribution in [0, 0.1) is 17.2 Å². The quantitative estimate of drug-likeness (QED) is 0.486. The van der Waals surface area contributed by atoms with Gasteiger partial charge in [0.15, 0.2) is 0 Å². The molecule has 0 aliphatic carbocycles. The fraction of sp³-hybridized carbons (Fsp3) is 0.333. The number of nitriles is 1. The van der Waals surface area contributed by atoms with Crippen molar-refractivity contribution >= 4 is 27.5 Å². The number of carbonyl (C=O) groups is 1. The lowest BCUT2D eigenvalue weighted by atomic mass is 10.1.